The number of nitrogens with one attached hydrogen (secondary N) is 1. The topological polar surface area (TPSA) is 45.5 Å². The highest BCUT2D eigenvalue weighted by molar-refractivity contribution is 14.0. The monoisotopic (exact) mass is 411 g/mol. The summed E-state index contributed by atoms with van der Waals surface area (Å²) in [5.41, 5.74) is 4.01. The summed E-state index contributed by atoms with van der Waals surface area (Å²) in [7, 11) is 3.77. The smallest absolute Gasteiger partial charge is 0.194 e. The number of nitrogens with zero attached hydrogens (tertiary/aromatic N) is 4. The van der Waals surface area contributed by atoms with E-state index >= 15 is 0 Å². The summed E-state index contributed by atoms with van der Waals surface area (Å²) in [6.07, 6.45) is 4.97. The van der Waals surface area contributed by atoms with Crippen LogP contribution in [0.1, 0.15) is 16.7 Å². The van der Waals surface area contributed by atoms with Crippen LogP contribution in [0.2, 0.25) is 0 Å². The number of hydrogen-bond donors (Lipinski definition) is 1. The summed E-state index contributed by atoms with van der Waals surface area (Å²) < 4.78 is 1.82. The zero-order valence-corrected chi connectivity index (χ0v) is 15.3. The van der Waals surface area contributed by atoms with Crippen molar-refractivity contribution in [3.63, 3.8) is 0 Å². The molecule has 0 amide bonds. The van der Waals surface area contributed by atoms with Gasteiger partial charge in [-0.25, -0.2) is 0 Å². The maximum Gasteiger partial charge on any atom is 0.194 e. The number of benzene rings is 1. The number of rotatable bonds is 2. The molecule has 1 aliphatic heterocycles. The van der Waals surface area contributed by atoms with Crippen LogP contribution in [0.5, 0.6) is 0 Å². The van der Waals surface area contributed by atoms with Crippen molar-refractivity contribution >= 4 is 29.9 Å². The largest absolute Gasteiger partial charge is 0.352 e. The van der Waals surface area contributed by atoms with E-state index in [1.165, 1.54) is 11.1 Å². The molecule has 0 saturated carbocycles. The molecule has 1 N–H and O–H groups in total. The van der Waals surface area contributed by atoms with Gasteiger partial charge in [-0.1, -0.05) is 24.3 Å². The maximum atomic E-state index is 4.41. The predicted molar refractivity (Wildman–Crippen MR) is 99.4 cm³/mol. The van der Waals surface area contributed by atoms with Gasteiger partial charge in [-0.2, -0.15) is 5.10 Å². The first kappa shape index (κ1) is 16.8. The van der Waals surface area contributed by atoms with Crippen LogP contribution < -0.4 is 5.32 Å². The lowest BCUT2D eigenvalue weighted by Gasteiger charge is -2.31. The minimum Gasteiger partial charge on any atom is -0.352 e. The Balaban J connectivity index is 0.00000176. The number of halogens is 1. The van der Waals surface area contributed by atoms with Gasteiger partial charge in [-0.15, -0.1) is 24.0 Å². The van der Waals surface area contributed by atoms with E-state index in [9.17, 15) is 0 Å². The van der Waals surface area contributed by atoms with Gasteiger partial charge in [0, 0.05) is 45.5 Å². The SMILES string of the molecule is CN=C(NCc1cnn(C)c1)N1CCc2ccccc2C1.I. The molecule has 2 aromatic rings. The third-order valence-corrected chi connectivity index (χ3v) is 3.85. The van der Waals surface area contributed by atoms with Crippen molar-refractivity contribution in [2.24, 2.45) is 12.0 Å². The highest BCUT2D eigenvalue weighted by Gasteiger charge is 2.18. The average Bonchev–Trinajstić information content (AvgIpc) is 2.93. The highest BCUT2D eigenvalue weighted by Crippen LogP contribution is 2.18. The predicted octanol–water partition coefficient (Wildman–Crippen LogP) is 2.17. The minimum absolute atomic E-state index is 0. The van der Waals surface area contributed by atoms with E-state index in [1.54, 1.807) is 0 Å². The van der Waals surface area contributed by atoms with Gasteiger partial charge in [0.25, 0.3) is 0 Å². The van der Waals surface area contributed by atoms with Gasteiger partial charge in [-0.05, 0) is 17.5 Å². The van der Waals surface area contributed by atoms with E-state index in [-0.39, 0.29) is 24.0 Å². The quantitative estimate of drug-likeness (QED) is 0.468. The second kappa shape index (κ2) is 7.62. The zero-order valence-electron chi connectivity index (χ0n) is 13.0. The van der Waals surface area contributed by atoms with Crippen molar-refractivity contribution in [1.29, 1.82) is 0 Å². The first-order chi connectivity index (χ1) is 10.3. The van der Waals surface area contributed by atoms with Crippen LogP contribution >= 0.6 is 24.0 Å². The number of aromatic nitrogens is 2. The fraction of sp³-hybridized carbons (Fsp3) is 0.375. The van der Waals surface area contributed by atoms with Crippen molar-refractivity contribution in [2.45, 2.75) is 19.5 Å². The Bertz CT molecular complexity index is 649. The third kappa shape index (κ3) is 3.79. The second-order valence-corrected chi connectivity index (χ2v) is 5.36. The Hall–Kier alpha value is -1.57. The molecule has 1 aromatic carbocycles. The van der Waals surface area contributed by atoms with Crippen molar-refractivity contribution in [2.75, 3.05) is 13.6 Å². The summed E-state index contributed by atoms with van der Waals surface area (Å²) in [5.74, 6) is 0.952. The molecular formula is C16H22IN5. The highest BCUT2D eigenvalue weighted by atomic mass is 127. The zero-order chi connectivity index (χ0) is 14.7. The van der Waals surface area contributed by atoms with Crippen LogP contribution in [0.4, 0.5) is 0 Å². The minimum atomic E-state index is 0. The molecule has 1 aromatic heterocycles. The molecule has 22 heavy (non-hydrogen) atoms. The Morgan fingerprint density at radius 3 is 2.77 bits per heavy atom. The first-order valence-corrected chi connectivity index (χ1v) is 7.26. The fourth-order valence-electron chi connectivity index (χ4n) is 2.75. The molecule has 3 rings (SSSR count). The van der Waals surface area contributed by atoms with E-state index in [2.05, 4.69) is 44.6 Å². The standard InChI is InChI=1S/C16H21N5.HI/c1-17-16(18-9-13-10-19-20(2)11-13)21-8-7-14-5-3-4-6-15(14)12-21;/h3-6,10-11H,7-9,12H2,1-2H3,(H,17,18);1H. The molecule has 0 atom stereocenters. The summed E-state index contributed by atoms with van der Waals surface area (Å²) >= 11 is 0. The molecule has 6 heteroatoms. The van der Waals surface area contributed by atoms with Crippen molar-refractivity contribution in [3.8, 4) is 0 Å². The average molecular weight is 411 g/mol. The normalized spacial score (nSPS) is 14.3. The van der Waals surface area contributed by atoms with Gasteiger partial charge in [0.05, 0.1) is 6.20 Å². The van der Waals surface area contributed by atoms with Gasteiger partial charge in [-0.3, -0.25) is 9.67 Å². The van der Waals surface area contributed by atoms with E-state index < -0.39 is 0 Å². The number of aliphatic imine (C=N–C) groups is 1. The van der Waals surface area contributed by atoms with Gasteiger partial charge in [0.1, 0.15) is 0 Å². The summed E-state index contributed by atoms with van der Waals surface area (Å²) in [6, 6.07) is 8.65. The Kier molecular flexibility index (Phi) is 5.82. The first-order valence-electron chi connectivity index (χ1n) is 7.26. The lowest BCUT2D eigenvalue weighted by molar-refractivity contribution is 0.378. The van der Waals surface area contributed by atoms with Gasteiger partial charge in [0.2, 0.25) is 0 Å². The second-order valence-electron chi connectivity index (χ2n) is 5.36. The van der Waals surface area contributed by atoms with Crippen LogP contribution in [0.25, 0.3) is 0 Å². The molecule has 0 saturated heterocycles. The lowest BCUT2D eigenvalue weighted by Crippen LogP contribution is -2.43. The van der Waals surface area contributed by atoms with Crippen LogP contribution in [0.15, 0.2) is 41.7 Å². The van der Waals surface area contributed by atoms with E-state index in [0.29, 0.717) is 0 Å². The summed E-state index contributed by atoms with van der Waals surface area (Å²) in [5, 5.41) is 7.61. The number of guanidine groups is 1. The Morgan fingerprint density at radius 2 is 2.09 bits per heavy atom. The molecule has 2 heterocycles. The molecule has 5 nitrogen and oxygen atoms in total. The van der Waals surface area contributed by atoms with Gasteiger partial charge in [0.15, 0.2) is 5.96 Å². The molecule has 0 radical (unpaired) electrons. The number of hydrogen-bond acceptors (Lipinski definition) is 2. The summed E-state index contributed by atoms with van der Waals surface area (Å²) in [4.78, 5) is 6.72. The maximum absolute atomic E-state index is 4.41. The molecule has 0 aliphatic carbocycles. The van der Waals surface area contributed by atoms with E-state index in [4.69, 9.17) is 0 Å². The third-order valence-electron chi connectivity index (χ3n) is 3.85. The molecule has 118 valence electrons. The molecule has 0 fully saturated rings. The Morgan fingerprint density at radius 1 is 1.32 bits per heavy atom. The molecular weight excluding hydrogens is 389 g/mol. The van der Waals surface area contributed by atoms with Crippen molar-refractivity contribution in [3.05, 3.63) is 53.3 Å². The lowest BCUT2D eigenvalue weighted by atomic mass is 10.0. The van der Waals surface area contributed by atoms with E-state index in [1.807, 2.05) is 31.2 Å². The van der Waals surface area contributed by atoms with Crippen molar-refractivity contribution < 1.29 is 0 Å². The van der Waals surface area contributed by atoms with Gasteiger partial charge < -0.3 is 10.2 Å². The van der Waals surface area contributed by atoms with E-state index in [0.717, 1.165) is 37.6 Å². The fourth-order valence-corrected chi connectivity index (χ4v) is 2.75. The van der Waals surface area contributed by atoms with Crippen molar-refractivity contribution in [1.82, 2.24) is 20.0 Å². The number of aryl methyl sites for hydroxylation is 1. The van der Waals surface area contributed by atoms with Crippen LogP contribution in [-0.4, -0.2) is 34.2 Å². The molecule has 1 aliphatic rings. The van der Waals surface area contributed by atoms with Gasteiger partial charge >= 0.3 is 0 Å². The van der Waals surface area contributed by atoms with Crippen LogP contribution in [0.3, 0.4) is 0 Å². The molecule has 0 bridgehead atoms. The van der Waals surface area contributed by atoms with Crippen LogP contribution in [-0.2, 0) is 26.6 Å². The molecule has 0 spiro atoms. The number of fused-ring (bicyclic) bond motifs is 1. The Labute approximate surface area is 148 Å². The molecule has 0 unspecified atom stereocenters. The van der Waals surface area contributed by atoms with Crippen LogP contribution in [0, 0.1) is 0 Å². The summed E-state index contributed by atoms with van der Waals surface area (Å²) in [6.45, 7) is 2.67.